The molecule has 6 nitrogen and oxygen atoms in total. The Kier molecular flexibility index (Phi) is 7.68. The lowest BCUT2D eigenvalue weighted by atomic mass is 10.2. The fourth-order valence-electron chi connectivity index (χ4n) is 3.30. The third-order valence-corrected chi connectivity index (χ3v) is 7.24. The summed E-state index contributed by atoms with van der Waals surface area (Å²) in [5.74, 6) is 0.596. The van der Waals surface area contributed by atoms with Crippen LogP contribution in [0.5, 0.6) is 5.75 Å². The van der Waals surface area contributed by atoms with Crippen molar-refractivity contribution in [1.29, 1.82) is 0 Å². The molecule has 32 heavy (non-hydrogen) atoms. The van der Waals surface area contributed by atoms with Gasteiger partial charge in [0, 0.05) is 32.6 Å². The first-order chi connectivity index (χ1) is 15.1. The SMILES string of the molecule is O=C(CCCOc1ccccc1)N1CCN(S(=O)(=O)c2ccc(Cl)c(C(F)(F)F)c2)CC1. The third kappa shape index (κ3) is 5.93. The minimum absolute atomic E-state index is 0.00142. The van der Waals surface area contributed by atoms with Crippen molar-refractivity contribution in [3.8, 4) is 5.75 Å². The Bertz CT molecular complexity index is 1040. The molecule has 1 saturated heterocycles. The summed E-state index contributed by atoms with van der Waals surface area (Å²) in [4.78, 5) is 13.5. The van der Waals surface area contributed by atoms with Gasteiger partial charge in [0.25, 0.3) is 0 Å². The van der Waals surface area contributed by atoms with Gasteiger partial charge in [0.1, 0.15) is 5.75 Å². The van der Waals surface area contributed by atoms with Crippen molar-refractivity contribution in [3.05, 3.63) is 59.1 Å². The van der Waals surface area contributed by atoms with Gasteiger partial charge in [-0.15, -0.1) is 0 Å². The second kappa shape index (κ2) is 10.1. The van der Waals surface area contributed by atoms with E-state index < -0.39 is 31.7 Å². The van der Waals surface area contributed by atoms with E-state index in [-0.39, 0.29) is 38.5 Å². The van der Waals surface area contributed by atoms with Crippen LogP contribution < -0.4 is 4.74 Å². The smallest absolute Gasteiger partial charge is 0.417 e. The van der Waals surface area contributed by atoms with Crippen LogP contribution >= 0.6 is 11.6 Å². The maximum Gasteiger partial charge on any atom is 0.417 e. The number of rotatable bonds is 7. The number of hydrogen-bond acceptors (Lipinski definition) is 4. The average molecular weight is 491 g/mol. The van der Waals surface area contributed by atoms with E-state index in [1.54, 1.807) is 4.90 Å². The number of alkyl halides is 3. The molecule has 0 saturated carbocycles. The summed E-state index contributed by atoms with van der Waals surface area (Å²) >= 11 is 5.58. The van der Waals surface area contributed by atoms with E-state index in [1.165, 1.54) is 0 Å². The van der Waals surface area contributed by atoms with Crippen molar-refractivity contribution in [2.45, 2.75) is 23.9 Å². The summed E-state index contributed by atoms with van der Waals surface area (Å²) in [6.45, 7) is 0.702. The molecule has 2 aromatic carbocycles. The molecule has 0 aromatic heterocycles. The minimum atomic E-state index is -4.77. The Balaban J connectivity index is 1.53. The largest absolute Gasteiger partial charge is 0.494 e. The summed E-state index contributed by atoms with van der Waals surface area (Å²) in [5, 5.41) is -0.567. The highest BCUT2D eigenvalue weighted by Crippen LogP contribution is 2.36. The minimum Gasteiger partial charge on any atom is -0.494 e. The molecule has 1 aliphatic rings. The van der Waals surface area contributed by atoms with Crippen LogP contribution in [0.3, 0.4) is 0 Å². The Morgan fingerprint density at radius 3 is 2.31 bits per heavy atom. The number of piperazine rings is 1. The van der Waals surface area contributed by atoms with Crippen LogP contribution in [0, 0.1) is 0 Å². The summed E-state index contributed by atoms with van der Waals surface area (Å²) in [6.07, 6.45) is -4.00. The van der Waals surface area contributed by atoms with Crippen LogP contribution in [-0.4, -0.2) is 56.3 Å². The zero-order chi connectivity index (χ0) is 23.4. The quantitative estimate of drug-likeness (QED) is 0.549. The zero-order valence-corrected chi connectivity index (χ0v) is 18.6. The van der Waals surface area contributed by atoms with Crippen LogP contribution in [0.4, 0.5) is 13.2 Å². The number of hydrogen-bond donors (Lipinski definition) is 0. The van der Waals surface area contributed by atoms with Crippen molar-refractivity contribution >= 4 is 27.5 Å². The number of carbonyl (C=O) groups excluding carboxylic acids is 1. The number of amides is 1. The predicted octanol–water partition coefficient (Wildman–Crippen LogP) is 4.05. The summed E-state index contributed by atoms with van der Waals surface area (Å²) < 4.78 is 71.5. The third-order valence-electron chi connectivity index (χ3n) is 5.02. The number of para-hydroxylation sites is 1. The molecule has 0 N–H and O–H groups in total. The molecule has 11 heteroatoms. The van der Waals surface area contributed by atoms with E-state index >= 15 is 0 Å². The lowest BCUT2D eigenvalue weighted by molar-refractivity contribution is -0.137. The molecule has 0 spiro atoms. The Hall–Kier alpha value is -2.30. The van der Waals surface area contributed by atoms with Crippen LogP contribution in [0.25, 0.3) is 0 Å². The molecule has 3 rings (SSSR count). The Morgan fingerprint density at radius 2 is 1.69 bits per heavy atom. The van der Waals surface area contributed by atoms with Crippen LogP contribution in [0.1, 0.15) is 18.4 Å². The maximum absolute atomic E-state index is 13.1. The van der Waals surface area contributed by atoms with Gasteiger partial charge < -0.3 is 9.64 Å². The van der Waals surface area contributed by atoms with Gasteiger partial charge in [-0.1, -0.05) is 29.8 Å². The lowest BCUT2D eigenvalue weighted by Gasteiger charge is -2.34. The number of halogens is 4. The van der Waals surface area contributed by atoms with Gasteiger partial charge >= 0.3 is 6.18 Å². The van der Waals surface area contributed by atoms with Crippen molar-refractivity contribution in [2.75, 3.05) is 32.8 Å². The van der Waals surface area contributed by atoms with Gasteiger partial charge in [0.2, 0.25) is 15.9 Å². The molecule has 0 unspecified atom stereocenters. The fourth-order valence-corrected chi connectivity index (χ4v) is 4.97. The highest BCUT2D eigenvalue weighted by atomic mass is 35.5. The average Bonchev–Trinajstić information content (AvgIpc) is 2.76. The molecule has 1 aliphatic heterocycles. The Morgan fingerprint density at radius 1 is 1.03 bits per heavy atom. The molecule has 0 atom stereocenters. The molecular formula is C21H22ClF3N2O4S. The highest BCUT2D eigenvalue weighted by Gasteiger charge is 2.36. The number of nitrogens with zero attached hydrogens (tertiary/aromatic N) is 2. The first kappa shape index (κ1) is 24.3. The van der Waals surface area contributed by atoms with Crippen molar-refractivity contribution in [2.24, 2.45) is 0 Å². The van der Waals surface area contributed by atoms with Gasteiger partial charge in [-0.25, -0.2) is 8.42 Å². The Labute approximate surface area is 189 Å². The van der Waals surface area contributed by atoms with E-state index in [0.717, 1.165) is 22.2 Å². The monoisotopic (exact) mass is 490 g/mol. The second-order valence-electron chi connectivity index (χ2n) is 7.19. The lowest BCUT2D eigenvalue weighted by Crippen LogP contribution is -2.50. The zero-order valence-electron chi connectivity index (χ0n) is 17.0. The van der Waals surface area contributed by atoms with Crippen molar-refractivity contribution in [3.63, 3.8) is 0 Å². The summed E-state index contributed by atoms with van der Waals surface area (Å²) in [7, 11) is -4.15. The molecule has 1 heterocycles. The fraction of sp³-hybridized carbons (Fsp3) is 0.381. The van der Waals surface area contributed by atoms with E-state index in [4.69, 9.17) is 16.3 Å². The molecule has 1 fully saturated rings. The molecular weight excluding hydrogens is 469 g/mol. The van der Waals surface area contributed by atoms with Gasteiger partial charge in [-0.2, -0.15) is 17.5 Å². The van der Waals surface area contributed by atoms with E-state index in [1.807, 2.05) is 30.3 Å². The van der Waals surface area contributed by atoms with Crippen LogP contribution in [0.2, 0.25) is 5.02 Å². The van der Waals surface area contributed by atoms with E-state index in [2.05, 4.69) is 0 Å². The first-order valence-corrected chi connectivity index (χ1v) is 11.7. The number of benzene rings is 2. The van der Waals surface area contributed by atoms with Gasteiger partial charge in [-0.05, 0) is 36.8 Å². The topological polar surface area (TPSA) is 66.9 Å². The van der Waals surface area contributed by atoms with E-state index in [0.29, 0.717) is 19.1 Å². The van der Waals surface area contributed by atoms with Crippen molar-refractivity contribution in [1.82, 2.24) is 9.21 Å². The number of sulfonamides is 1. The molecule has 174 valence electrons. The van der Waals surface area contributed by atoms with Gasteiger partial charge in [0.05, 0.1) is 22.1 Å². The molecule has 0 radical (unpaired) electrons. The highest BCUT2D eigenvalue weighted by molar-refractivity contribution is 7.89. The first-order valence-electron chi connectivity index (χ1n) is 9.91. The second-order valence-corrected chi connectivity index (χ2v) is 9.53. The number of ether oxygens (including phenoxy) is 1. The van der Waals surface area contributed by atoms with Crippen LogP contribution in [-0.2, 0) is 21.0 Å². The molecule has 1 amide bonds. The van der Waals surface area contributed by atoms with Gasteiger partial charge in [0.15, 0.2) is 0 Å². The molecule has 0 aliphatic carbocycles. The van der Waals surface area contributed by atoms with Crippen LogP contribution in [0.15, 0.2) is 53.4 Å². The predicted molar refractivity (Wildman–Crippen MR) is 113 cm³/mol. The van der Waals surface area contributed by atoms with E-state index in [9.17, 15) is 26.4 Å². The summed E-state index contributed by atoms with van der Waals surface area (Å²) in [5.41, 5.74) is -1.20. The molecule has 0 bridgehead atoms. The normalized spacial score (nSPS) is 15.6. The number of carbonyl (C=O) groups is 1. The van der Waals surface area contributed by atoms with Crippen molar-refractivity contribution < 1.29 is 31.1 Å². The molecule has 2 aromatic rings. The summed E-state index contributed by atoms with van der Waals surface area (Å²) in [6, 6.07) is 11.7. The maximum atomic E-state index is 13.1. The standard InChI is InChI=1S/C21H22ClF3N2O4S/c22-19-9-8-17(15-18(19)21(23,24)25)32(29,30)27-12-10-26(11-13-27)20(28)7-4-14-31-16-5-2-1-3-6-16/h1-3,5-6,8-9,15H,4,7,10-14H2. The van der Waals surface area contributed by atoms with Gasteiger partial charge in [-0.3, -0.25) is 4.79 Å².